The lowest BCUT2D eigenvalue weighted by Gasteiger charge is -2.31. The van der Waals surface area contributed by atoms with Gasteiger partial charge in [0.2, 0.25) is 5.91 Å². The van der Waals surface area contributed by atoms with E-state index in [4.69, 9.17) is 4.74 Å². The van der Waals surface area contributed by atoms with Gasteiger partial charge in [-0.1, -0.05) is 35.9 Å². The van der Waals surface area contributed by atoms with E-state index in [2.05, 4.69) is 39.8 Å². The number of morpholine rings is 1. The first-order valence-electron chi connectivity index (χ1n) is 9.56. The topological polar surface area (TPSA) is 70.7 Å². The van der Waals surface area contributed by atoms with E-state index in [0.29, 0.717) is 24.5 Å². The van der Waals surface area contributed by atoms with Gasteiger partial charge in [-0.25, -0.2) is 0 Å². The molecule has 2 aromatic rings. The summed E-state index contributed by atoms with van der Waals surface area (Å²) in [4.78, 5) is 26.5. The van der Waals surface area contributed by atoms with Gasteiger partial charge in [-0.15, -0.1) is 0 Å². The molecule has 0 unspecified atom stereocenters. The van der Waals surface area contributed by atoms with Crippen LogP contribution in [0, 0.1) is 6.92 Å². The normalized spacial score (nSPS) is 15.6. The van der Waals surface area contributed by atoms with E-state index in [1.165, 1.54) is 12.5 Å². The van der Waals surface area contributed by atoms with Crippen LogP contribution >= 0.6 is 0 Å². The van der Waals surface area contributed by atoms with Crippen molar-refractivity contribution >= 4 is 17.5 Å². The molecule has 2 amide bonds. The molecule has 0 bridgehead atoms. The number of amides is 2. The van der Waals surface area contributed by atoms with Gasteiger partial charge in [0, 0.05) is 37.8 Å². The van der Waals surface area contributed by atoms with E-state index in [1.807, 2.05) is 6.92 Å². The number of anilines is 1. The molecule has 0 radical (unpaired) electrons. The summed E-state index contributed by atoms with van der Waals surface area (Å²) in [5.74, 6) is -0.326. The van der Waals surface area contributed by atoms with Gasteiger partial charge in [-0.3, -0.25) is 14.5 Å². The molecule has 0 spiro atoms. The molecule has 0 aromatic heterocycles. The second-order valence-electron chi connectivity index (χ2n) is 7.11. The second kappa shape index (κ2) is 9.48. The Bertz CT molecular complexity index is 814. The molecular formula is C22H27N3O3. The average Bonchev–Trinajstić information content (AvgIpc) is 2.68. The Morgan fingerprint density at radius 3 is 2.50 bits per heavy atom. The van der Waals surface area contributed by atoms with Crippen molar-refractivity contribution in [2.45, 2.75) is 19.9 Å². The molecule has 0 saturated carbocycles. The summed E-state index contributed by atoms with van der Waals surface area (Å²) >= 11 is 0. The fourth-order valence-electron chi connectivity index (χ4n) is 3.26. The Morgan fingerprint density at radius 2 is 1.82 bits per heavy atom. The third-order valence-electron chi connectivity index (χ3n) is 4.77. The number of carbonyl (C=O) groups is 2. The SMILES string of the molecule is CC(=O)Nc1cccc(C(=O)N[C@@H](CN2CCOCC2)c2ccc(C)cc2)c1. The molecule has 148 valence electrons. The first kappa shape index (κ1) is 20.0. The molecule has 0 aliphatic carbocycles. The molecule has 6 nitrogen and oxygen atoms in total. The van der Waals surface area contributed by atoms with Crippen molar-refractivity contribution in [3.63, 3.8) is 0 Å². The summed E-state index contributed by atoms with van der Waals surface area (Å²) in [5.41, 5.74) is 3.39. The molecule has 1 fully saturated rings. The van der Waals surface area contributed by atoms with Gasteiger partial charge in [0.05, 0.1) is 19.3 Å². The zero-order valence-corrected chi connectivity index (χ0v) is 16.4. The Kier molecular flexibility index (Phi) is 6.79. The van der Waals surface area contributed by atoms with Crippen LogP contribution in [0.3, 0.4) is 0 Å². The van der Waals surface area contributed by atoms with Crippen LogP contribution in [0.25, 0.3) is 0 Å². The predicted molar refractivity (Wildman–Crippen MR) is 109 cm³/mol. The maximum Gasteiger partial charge on any atom is 0.251 e. The monoisotopic (exact) mass is 381 g/mol. The molecule has 3 rings (SSSR count). The minimum Gasteiger partial charge on any atom is -0.379 e. The number of hydrogen-bond donors (Lipinski definition) is 2. The smallest absolute Gasteiger partial charge is 0.251 e. The second-order valence-corrected chi connectivity index (χ2v) is 7.11. The molecule has 28 heavy (non-hydrogen) atoms. The Hall–Kier alpha value is -2.70. The quantitative estimate of drug-likeness (QED) is 0.807. The number of hydrogen-bond acceptors (Lipinski definition) is 4. The Balaban J connectivity index is 1.76. The number of ether oxygens (including phenoxy) is 1. The maximum atomic E-state index is 12.9. The van der Waals surface area contributed by atoms with E-state index in [9.17, 15) is 9.59 Å². The molecule has 1 saturated heterocycles. The first-order valence-corrected chi connectivity index (χ1v) is 9.56. The average molecular weight is 381 g/mol. The molecule has 6 heteroatoms. The van der Waals surface area contributed by atoms with Crippen LogP contribution in [0.2, 0.25) is 0 Å². The van der Waals surface area contributed by atoms with E-state index >= 15 is 0 Å². The summed E-state index contributed by atoms with van der Waals surface area (Å²) in [6, 6.07) is 15.1. The molecule has 2 aromatic carbocycles. The summed E-state index contributed by atoms with van der Waals surface area (Å²) < 4.78 is 5.43. The van der Waals surface area contributed by atoms with Crippen molar-refractivity contribution in [2.24, 2.45) is 0 Å². The highest BCUT2D eigenvalue weighted by Crippen LogP contribution is 2.18. The zero-order valence-electron chi connectivity index (χ0n) is 16.4. The summed E-state index contributed by atoms with van der Waals surface area (Å²) in [6.07, 6.45) is 0. The number of rotatable bonds is 6. The van der Waals surface area contributed by atoms with Gasteiger partial charge in [-0.05, 0) is 30.7 Å². The van der Waals surface area contributed by atoms with Crippen LogP contribution in [-0.4, -0.2) is 49.6 Å². The fraction of sp³-hybridized carbons (Fsp3) is 0.364. The Morgan fingerprint density at radius 1 is 1.11 bits per heavy atom. The van der Waals surface area contributed by atoms with Crippen molar-refractivity contribution in [3.05, 3.63) is 65.2 Å². The van der Waals surface area contributed by atoms with E-state index in [0.717, 1.165) is 25.2 Å². The third-order valence-corrected chi connectivity index (χ3v) is 4.77. The first-order chi connectivity index (χ1) is 13.5. The molecule has 1 atom stereocenters. The van der Waals surface area contributed by atoms with Crippen LogP contribution in [-0.2, 0) is 9.53 Å². The van der Waals surface area contributed by atoms with Crippen LogP contribution in [0.4, 0.5) is 5.69 Å². The van der Waals surface area contributed by atoms with Crippen molar-refractivity contribution in [2.75, 3.05) is 38.2 Å². The van der Waals surface area contributed by atoms with Gasteiger partial charge in [0.25, 0.3) is 5.91 Å². The van der Waals surface area contributed by atoms with Gasteiger partial charge in [0.15, 0.2) is 0 Å². The summed E-state index contributed by atoms with van der Waals surface area (Å²) in [6.45, 7) is 7.37. The Labute approximate surface area is 165 Å². The predicted octanol–water partition coefficient (Wildman–Crippen LogP) is 2.76. The molecule has 1 aliphatic rings. The van der Waals surface area contributed by atoms with Crippen LogP contribution < -0.4 is 10.6 Å². The lowest BCUT2D eigenvalue weighted by Crippen LogP contribution is -2.43. The number of nitrogens with zero attached hydrogens (tertiary/aromatic N) is 1. The fourth-order valence-corrected chi connectivity index (χ4v) is 3.26. The third kappa shape index (κ3) is 5.65. The molecular weight excluding hydrogens is 354 g/mol. The van der Waals surface area contributed by atoms with Crippen LogP contribution in [0.5, 0.6) is 0 Å². The van der Waals surface area contributed by atoms with Gasteiger partial charge in [-0.2, -0.15) is 0 Å². The minimum absolute atomic E-state index is 0.129. The molecule has 2 N–H and O–H groups in total. The van der Waals surface area contributed by atoms with Gasteiger partial charge >= 0.3 is 0 Å². The van der Waals surface area contributed by atoms with E-state index < -0.39 is 0 Å². The number of benzene rings is 2. The highest BCUT2D eigenvalue weighted by atomic mass is 16.5. The number of aryl methyl sites for hydroxylation is 1. The standard InChI is InChI=1S/C22H27N3O3/c1-16-6-8-18(9-7-16)21(15-25-10-12-28-13-11-25)24-22(27)19-4-3-5-20(14-19)23-17(2)26/h3-9,14,21H,10-13,15H2,1-2H3,(H,23,26)(H,24,27)/t21-/m0/s1. The van der Waals surface area contributed by atoms with Crippen molar-refractivity contribution in [1.82, 2.24) is 10.2 Å². The minimum atomic E-state index is -0.164. The van der Waals surface area contributed by atoms with Gasteiger partial charge < -0.3 is 15.4 Å². The van der Waals surface area contributed by atoms with Crippen molar-refractivity contribution < 1.29 is 14.3 Å². The summed E-state index contributed by atoms with van der Waals surface area (Å²) in [7, 11) is 0. The number of nitrogens with one attached hydrogen (secondary N) is 2. The molecule has 1 aliphatic heterocycles. The molecule has 1 heterocycles. The highest BCUT2D eigenvalue weighted by molar-refractivity contribution is 5.97. The van der Waals surface area contributed by atoms with Crippen molar-refractivity contribution in [1.29, 1.82) is 0 Å². The van der Waals surface area contributed by atoms with E-state index in [1.54, 1.807) is 24.3 Å². The van der Waals surface area contributed by atoms with Crippen LogP contribution in [0.15, 0.2) is 48.5 Å². The maximum absolute atomic E-state index is 12.9. The van der Waals surface area contributed by atoms with Crippen molar-refractivity contribution in [3.8, 4) is 0 Å². The lowest BCUT2D eigenvalue weighted by atomic mass is 10.0. The largest absolute Gasteiger partial charge is 0.379 e. The van der Waals surface area contributed by atoms with Crippen LogP contribution in [0.1, 0.15) is 34.5 Å². The van der Waals surface area contributed by atoms with Gasteiger partial charge in [0.1, 0.15) is 0 Å². The van der Waals surface area contributed by atoms with E-state index in [-0.39, 0.29) is 17.9 Å². The zero-order chi connectivity index (χ0) is 19.9. The lowest BCUT2D eigenvalue weighted by molar-refractivity contribution is -0.114. The highest BCUT2D eigenvalue weighted by Gasteiger charge is 2.21. The summed E-state index contributed by atoms with van der Waals surface area (Å²) in [5, 5.41) is 5.88. The number of carbonyl (C=O) groups excluding carboxylic acids is 2.